The fourth-order valence-corrected chi connectivity index (χ4v) is 4.45. The first-order valence-corrected chi connectivity index (χ1v) is 11.4. The van der Waals surface area contributed by atoms with Crippen LogP contribution in [-0.2, 0) is 0 Å². The summed E-state index contributed by atoms with van der Waals surface area (Å²) in [6.45, 7) is 2.45. The first-order chi connectivity index (χ1) is 17.1. The van der Waals surface area contributed by atoms with E-state index in [1.54, 1.807) is 19.2 Å². The molecule has 0 radical (unpaired) electrons. The van der Waals surface area contributed by atoms with Gasteiger partial charge in [0.25, 0.3) is 5.91 Å². The largest absolute Gasteiger partial charge is 0.497 e. The normalized spacial score (nSPS) is 11.7. The van der Waals surface area contributed by atoms with Gasteiger partial charge in [-0.15, -0.1) is 0 Å². The summed E-state index contributed by atoms with van der Waals surface area (Å²) in [6, 6.07) is 18.9. The van der Waals surface area contributed by atoms with E-state index in [1.165, 1.54) is 21.3 Å². The number of methoxy groups -OCH3 is 4. The summed E-state index contributed by atoms with van der Waals surface area (Å²) in [6.07, 6.45) is 1.98. The molecule has 0 fully saturated rings. The number of carbonyl (C=O) groups excluding carboxylic acids is 1. The summed E-state index contributed by atoms with van der Waals surface area (Å²) in [5.41, 5.74) is 3.43. The zero-order chi connectivity index (χ0) is 24.9. The van der Waals surface area contributed by atoms with Crippen LogP contribution in [0.3, 0.4) is 0 Å². The summed E-state index contributed by atoms with van der Waals surface area (Å²) in [5, 5.41) is 1.06. The van der Waals surface area contributed by atoms with Crippen molar-refractivity contribution in [3.8, 4) is 23.0 Å². The molecule has 0 bridgehead atoms. The van der Waals surface area contributed by atoms with E-state index in [9.17, 15) is 4.79 Å². The number of nitrogens with zero attached hydrogens (tertiary/aromatic N) is 1. The van der Waals surface area contributed by atoms with Crippen LogP contribution in [0.1, 0.15) is 34.5 Å². The van der Waals surface area contributed by atoms with E-state index >= 15 is 0 Å². The van der Waals surface area contributed by atoms with Crippen molar-refractivity contribution in [2.24, 2.45) is 0 Å². The van der Waals surface area contributed by atoms with E-state index in [2.05, 4.69) is 11.1 Å². The van der Waals surface area contributed by atoms with Crippen molar-refractivity contribution in [2.75, 3.05) is 35.0 Å². The van der Waals surface area contributed by atoms with Crippen molar-refractivity contribution >= 4 is 16.8 Å². The number of amides is 1. The van der Waals surface area contributed by atoms with E-state index in [0.717, 1.165) is 27.8 Å². The second kappa shape index (κ2) is 10.4. The Morgan fingerprint density at radius 1 is 0.886 bits per heavy atom. The zero-order valence-corrected chi connectivity index (χ0v) is 20.6. The highest BCUT2D eigenvalue weighted by Crippen LogP contribution is 2.40. The van der Waals surface area contributed by atoms with Crippen LogP contribution in [0, 0.1) is 0 Å². The Balaban J connectivity index is 1.86. The van der Waals surface area contributed by atoms with Gasteiger partial charge in [-0.25, -0.2) is 0 Å². The summed E-state index contributed by atoms with van der Waals surface area (Å²) >= 11 is 0. The molecule has 0 aliphatic carbocycles. The molecule has 3 aromatic carbocycles. The van der Waals surface area contributed by atoms with Crippen LogP contribution in [0.15, 0.2) is 66.9 Å². The Morgan fingerprint density at radius 3 is 2.11 bits per heavy atom. The number of rotatable bonds is 9. The van der Waals surface area contributed by atoms with Gasteiger partial charge < -0.3 is 28.8 Å². The minimum Gasteiger partial charge on any atom is -0.497 e. The molecule has 0 spiro atoms. The highest BCUT2D eigenvalue weighted by atomic mass is 16.5. The predicted octanol–water partition coefficient (Wildman–Crippen LogP) is 5.45. The number of hydrogen-bond acceptors (Lipinski definition) is 5. The molecule has 4 aromatic rings. The van der Waals surface area contributed by atoms with Gasteiger partial charge in [-0.05, 0) is 42.8 Å². The van der Waals surface area contributed by atoms with Gasteiger partial charge in [0.15, 0.2) is 11.5 Å². The van der Waals surface area contributed by atoms with Gasteiger partial charge in [-0.3, -0.25) is 4.79 Å². The summed E-state index contributed by atoms with van der Waals surface area (Å²) in [5.74, 6) is 1.90. The van der Waals surface area contributed by atoms with Gasteiger partial charge in [0.2, 0.25) is 5.75 Å². The Kier molecular flexibility index (Phi) is 7.15. The highest BCUT2D eigenvalue weighted by Gasteiger charge is 2.30. The Bertz CT molecular complexity index is 1290. The standard InChI is InChI=1S/C28H30N2O5/c1-6-30(28(31)19-15-24(33-3)27(35-5)25(16-19)34-4)26(18-11-13-20(32-2)14-12-18)22-17-29-23-10-8-7-9-21(22)23/h7-17,26,29H,6H2,1-5H3. The molecule has 0 saturated carbocycles. The van der Waals surface area contributed by atoms with Crippen LogP contribution in [-0.4, -0.2) is 50.8 Å². The maximum atomic E-state index is 14.0. The van der Waals surface area contributed by atoms with Crippen molar-refractivity contribution in [3.05, 3.63) is 83.6 Å². The summed E-state index contributed by atoms with van der Waals surface area (Å²) in [7, 11) is 6.25. The quantitative estimate of drug-likeness (QED) is 0.349. The smallest absolute Gasteiger partial charge is 0.254 e. The first-order valence-electron chi connectivity index (χ1n) is 11.4. The molecule has 1 heterocycles. The fourth-order valence-electron chi connectivity index (χ4n) is 4.45. The number of benzene rings is 3. The molecule has 1 atom stereocenters. The van der Waals surface area contributed by atoms with Crippen LogP contribution in [0.5, 0.6) is 23.0 Å². The van der Waals surface area contributed by atoms with E-state index in [1.807, 2.05) is 60.5 Å². The van der Waals surface area contributed by atoms with Gasteiger partial charge in [0.05, 0.1) is 34.5 Å². The predicted molar refractivity (Wildman–Crippen MR) is 136 cm³/mol. The fraction of sp³-hybridized carbons (Fsp3) is 0.250. The molecule has 0 aliphatic rings. The van der Waals surface area contributed by atoms with E-state index in [0.29, 0.717) is 29.4 Å². The zero-order valence-electron chi connectivity index (χ0n) is 20.6. The Hall–Kier alpha value is -4.13. The van der Waals surface area contributed by atoms with Gasteiger partial charge in [0.1, 0.15) is 5.75 Å². The number of carbonyl (C=O) groups is 1. The maximum absolute atomic E-state index is 14.0. The van der Waals surface area contributed by atoms with Crippen LogP contribution in [0.25, 0.3) is 10.9 Å². The Labute approximate surface area is 205 Å². The number of fused-ring (bicyclic) bond motifs is 1. The average molecular weight is 475 g/mol. The number of aromatic nitrogens is 1. The molecule has 1 aromatic heterocycles. The first kappa shape index (κ1) is 24.0. The van der Waals surface area contributed by atoms with Crippen LogP contribution in [0.2, 0.25) is 0 Å². The van der Waals surface area contributed by atoms with Gasteiger partial charge >= 0.3 is 0 Å². The molecule has 182 valence electrons. The Morgan fingerprint density at radius 2 is 1.54 bits per heavy atom. The lowest BCUT2D eigenvalue weighted by molar-refractivity contribution is 0.0717. The molecule has 0 aliphatic heterocycles. The average Bonchev–Trinajstić information content (AvgIpc) is 3.34. The van der Waals surface area contributed by atoms with Crippen molar-refractivity contribution in [2.45, 2.75) is 13.0 Å². The summed E-state index contributed by atoms with van der Waals surface area (Å²) in [4.78, 5) is 19.2. The van der Waals surface area contributed by atoms with Crippen molar-refractivity contribution in [1.29, 1.82) is 0 Å². The number of ether oxygens (including phenoxy) is 4. The van der Waals surface area contributed by atoms with Crippen molar-refractivity contribution < 1.29 is 23.7 Å². The number of aromatic amines is 1. The van der Waals surface area contributed by atoms with Crippen LogP contribution >= 0.6 is 0 Å². The number of hydrogen-bond donors (Lipinski definition) is 1. The molecule has 1 unspecified atom stereocenters. The third-order valence-corrected chi connectivity index (χ3v) is 6.17. The van der Waals surface area contributed by atoms with Crippen LogP contribution < -0.4 is 18.9 Å². The molecule has 4 rings (SSSR count). The monoisotopic (exact) mass is 474 g/mol. The third-order valence-electron chi connectivity index (χ3n) is 6.17. The molecule has 7 nitrogen and oxygen atoms in total. The van der Waals surface area contributed by atoms with Gasteiger partial charge in [-0.1, -0.05) is 30.3 Å². The molecular formula is C28H30N2O5. The third kappa shape index (κ3) is 4.49. The van der Waals surface area contributed by atoms with Gasteiger partial charge in [-0.2, -0.15) is 0 Å². The minimum atomic E-state index is -0.339. The number of para-hydroxylation sites is 1. The number of nitrogens with one attached hydrogen (secondary N) is 1. The lowest BCUT2D eigenvalue weighted by Gasteiger charge is -2.32. The van der Waals surface area contributed by atoms with E-state index in [-0.39, 0.29) is 11.9 Å². The van der Waals surface area contributed by atoms with Crippen LogP contribution in [0.4, 0.5) is 0 Å². The van der Waals surface area contributed by atoms with Crippen molar-refractivity contribution in [1.82, 2.24) is 9.88 Å². The van der Waals surface area contributed by atoms with Gasteiger partial charge in [0, 0.05) is 34.8 Å². The van der Waals surface area contributed by atoms with E-state index in [4.69, 9.17) is 18.9 Å². The lowest BCUT2D eigenvalue weighted by atomic mass is 9.95. The van der Waals surface area contributed by atoms with E-state index < -0.39 is 0 Å². The second-order valence-corrected chi connectivity index (χ2v) is 7.97. The second-order valence-electron chi connectivity index (χ2n) is 7.97. The number of H-pyrrole nitrogens is 1. The molecule has 0 saturated heterocycles. The SMILES string of the molecule is CCN(C(=O)c1cc(OC)c(OC)c(OC)c1)C(c1ccc(OC)cc1)c1c[nH]c2ccccc12. The molecule has 35 heavy (non-hydrogen) atoms. The molecule has 1 N–H and O–H groups in total. The topological polar surface area (TPSA) is 73.0 Å². The molecular weight excluding hydrogens is 444 g/mol. The summed E-state index contributed by atoms with van der Waals surface area (Å²) < 4.78 is 21.8. The molecule has 7 heteroatoms. The minimum absolute atomic E-state index is 0.155. The highest BCUT2D eigenvalue weighted by molar-refractivity contribution is 5.97. The maximum Gasteiger partial charge on any atom is 0.254 e. The lowest BCUT2D eigenvalue weighted by Crippen LogP contribution is -2.35. The van der Waals surface area contributed by atoms with Crippen molar-refractivity contribution in [3.63, 3.8) is 0 Å². The molecule has 1 amide bonds.